The van der Waals surface area contributed by atoms with Crippen molar-refractivity contribution in [2.75, 3.05) is 46.4 Å². The molecule has 1 amide bonds. The minimum Gasteiger partial charge on any atom is -0.483 e. The molecule has 1 atom stereocenters. The van der Waals surface area contributed by atoms with Gasteiger partial charge in [0.15, 0.2) is 6.61 Å². The minimum atomic E-state index is -0.238. The van der Waals surface area contributed by atoms with Crippen molar-refractivity contribution >= 4 is 5.91 Å². The van der Waals surface area contributed by atoms with E-state index in [1.807, 2.05) is 17.0 Å². The molecule has 2 aliphatic rings. The van der Waals surface area contributed by atoms with Crippen molar-refractivity contribution < 1.29 is 13.9 Å². The number of hydrogen-bond donors (Lipinski definition) is 0. The van der Waals surface area contributed by atoms with Crippen molar-refractivity contribution in [1.29, 1.82) is 0 Å². The Bertz CT molecular complexity index is 925. The number of carbonyl (C=O) groups is 1. The lowest BCUT2D eigenvalue weighted by Gasteiger charge is -2.35. The fourth-order valence-electron chi connectivity index (χ4n) is 4.89. The Kier molecular flexibility index (Phi) is 7.99. The zero-order valence-corrected chi connectivity index (χ0v) is 19.9. The van der Waals surface area contributed by atoms with Gasteiger partial charge in [0.05, 0.1) is 0 Å². The highest BCUT2D eigenvalue weighted by Crippen LogP contribution is 2.29. The van der Waals surface area contributed by atoms with Crippen LogP contribution in [0.15, 0.2) is 42.5 Å². The van der Waals surface area contributed by atoms with E-state index >= 15 is 0 Å². The molecule has 2 saturated heterocycles. The number of likely N-dealkylation sites (tertiary alicyclic amines) is 1. The molecule has 33 heavy (non-hydrogen) atoms. The first-order valence-electron chi connectivity index (χ1n) is 12.3. The first-order valence-corrected chi connectivity index (χ1v) is 12.3. The first kappa shape index (κ1) is 23.7. The molecule has 2 fully saturated rings. The Morgan fingerprint density at radius 1 is 1.00 bits per heavy atom. The molecule has 6 heteroatoms. The molecule has 0 spiro atoms. The molecule has 2 aromatic rings. The van der Waals surface area contributed by atoms with Gasteiger partial charge in [0, 0.05) is 50.9 Å². The summed E-state index contributed by atoms with van der Waals surface area (Å²) >= 11 is 0. The molecule has 178 valence electrons. The second kappa shape index (κ2) is 11.1. The molecule has 4 rings (SSSR count). The number of amides is 1. The van der Waals surface area contributed by atoms with E-state index in [1.165, 1.54) is 18.6 Å². The predicted octanol–water partition coefficient (Wildman–Crippen LogP) is 4.41. The van der Waals surface area contributed by atoms with Gasteiger partial charge in [0.1, 0.15) is 11.6 Å². The zero-order chi connectivity index (χ0) is 23.2. The summed E-state index contributed by atoms with van der Waals surface area (Å²) in [4.78, 5) is 19.7. The van der Waals surface area contributed by atoms with E-state index < -0.39 is 0 Å². The number of likely N-dealkylation sites (N-methyl/N-ethyl adjacent to an activating group) is 1. The molecule has 0 radical (unpaired) electrons. The summed E-state index contributed by atoms with van der Waals surface area (Å²) in [5, 5.41) is 0. The number of halogens is 1. The van der Waals surface area contributed by atoms with Gasteiger partial charge in [-0.3, -0.25) is 9.69 Å². The molecule has 2 heterocycles. The fraction of sp³-hybridized carbons (Fsp3) is 0.519. The number of hydrogen-bond acceptors (Lipinski definition) is 4. The molecule has 2 aromatic carbocycles. The first-order chi connectivity index (χ1) is 16.0. The van der Waals surface area contributed by atoms with Crippen molar-refractivity contribution in [3.8, 4) is 16.9 Å². The van der Waals surface area contributed by atoms with Crippen LogP contribution in [0.5, 0.6) is 5.75 Å². The molecular formula is C27H36FN3O2. The molecule has 0 aromatic heterocycles. The van der Waals surface area contributed by atoms with Gasteiger partial charge in [0.2, 0.25) is 0 Å². The summed E-state index contributed by atoms with van der Waals surface area (Å²) in [6.45, 7) is 7.91. The average molecular weight is 454 g/mol. The van der Waals surface area contributed by atoms with Crippen LogP contribution >= 0.6 is 0 Å². The lowest BCUT2D eigenvalue weighted by Crippen LogP contribution is -2.45. The van der Waals surface area contributed by atoms with Gasteiger partial charge in [-0.2, -0.15) is 0 Å². The Hall–Kier alpha value is -2.44. The highest BCUT2D eigenvalue weighted by molar-refractivity contribution is 5.78. The van der Waals surface area contributed by atoms with Gasteiger partial charge >= 0.3 is 0 Å². The van der Waals surface area contributed by atoms with Crippen LogP contribution in [0.1, 0.15) is 38.2 Å². The van der Waals surface area contributed by atoms with Gasteiger partial charge in [-0.05, 0) is 68.1 Å². The van der Waals surface area contributed by atoms with Gasteiger partial charge in [0.25, 0.3) is 5.91 Å². The molecule has 0 aliphatic carbocycles. The van der Waals surface area contributed by atoms with E-state index in [0.29, 0.717) is 6.04 Å². The van der Waals surface area contributed by atoms with E-state index in [4.69, 9.17) is 4.74 Å². The highest BCUT2D eigenvalue weighted by atomic mass is 19.1. The lowest BCUT2D eigenvalue weighted by atomic mass is 10.00. The zero-order valence-electron chi connectivity index (χ0n) is 19.9. The van der Waals surface area contributed by atoms with Gasteiger partial charge in [-0.15, -0.1) is 0 Å². The summed E-state index contributed by atoms with van der Waals surface area (Å²) in [6.07, 6.45) is 4.35. The van der Waals surface area contributed by atoms with Crippen LogP contribution < -0.4 is 4.74 Å². The quantitative estimate of drug-likeness (QED) is 0.622. The predicted molar refractivity (Wildman–Crippen MR) is 130 cm³/mol. The second-order valence-electron chi connectivity index (χ2n) is 9.34. The smallest absolute Gasteiger partial charge is 0.260 e. The maximum absolute atomic E-state index is 13.4. The standard InChI is InChI=1S/C27H36FN3O2/c1-3-25-6-4-5-13-31(25)27(32)20-33-26-12-9-22(21-7-10-24(28)11-8-21)18-23(26)19-30-16-14-29(2)15-17-30/h7-12,18,25H,3-6,13-17,19-20H2,1-2H3/t25-/m1/s1. The summed E-state index contributed by atoms with van der Waals surface area (Å²) in [7, 11) is 2.15. The normalized spacial score (nSPS) is 20.1. The Labute approximate surface area is 197 Å². The molecule has 0 saturated carbocycles. The third-order valence-electron chi connectivity index (χ3n) is 7.00. The monoisotopic (exact) mass is 453 g/mol. The van der Waals surface area contributed by atoms with E-state index in [0.717, 1.165) is 81.0 Å². The van der Waals surface area contributed by atoms with Gasteiger partial charge in [-0.25, -0.2) is 4.39 Å². The van der Waals surface area contributed by atoms with E-state index in [2.05, 4.69) is 29.8 Å². The topological polar surface area (TPSA) is 36.0 Å². The number of nitrogens with zero attached hydrogens (tertiary/aromatic N) is 3. The number of ether oxygens (including phenoxy) is 1. The van der Waals surface area contributed by atoms with Gasteiger partial charge in [-0.1, -0.05) is 25.1 Å². The van der Waals surface area contributed by atoms with Crippen LogP contribution in [-0.2, 0) is 11.3 Å². The van der Waals surface area contributed by atoms with Crippen molar-refractivity contribution in [2.45, 2.75) is 45.2 Å². The number of piperazine rings is 1. The third-order valence-corrected chi connectivity index (χ3v) is 7.00. The second-order valence-corrected chi connectivity index (χ2v) is 9.34. The maximum atomic E-state index is 13.4. The van der Waals surface area contributed by atoms with Crippen LogP contribution in [-0.4, -0.2) is 73.0 Å². The molecule has 0 bridgehead atoms. The number of rotatable bonds is 7. The number of piperidine rings is 1. The van der Waals surface area contributed by atoms with E-state index in [9.17, 15) is 9.18 Å². The summed E-state index contributed by atoms with van der Waals surface area (Å²) in [5.74, 6) is 0.603. The molecule has 2 aliphatic heterocycles. The average Bonchev–Trinajstić information content (AvgIpc) is 2.85. The van der Waals surface area contributed by atoms with E-state index in [1.54, 1.807) is 12.1 Å². The van der Waals surface area contributed by atoms with Crippen molar-refractivity contribution in [2.24, 2.45) is 0 Å². The van der Waals surface area contributed by atoms with Crippen LogP contribution in [0.3, 0.4) is 0 Å². The summed E-state index contributed by atoms with van der Waals surface area (Å²) in [5.41, 5.74) is 3.07. The molecule has 0 unspecified atom stereocenters. The van der Waals surface area contributed by atoms with Gasteiger partial charge < -0.3 is 14.5 Å². The largest absolute Gasteiger partial charge is 0.483 e. The van der Waals surface area contributed by atoms with Crippen LogP contribution in [0.2, 0.25) is 0 Å². The van der Waals surface area contributed by atoms with Crippen molar-refractivity contribution in [3.05, 3.63) is 53.8 Å². The van der Waals surface area contributed by atoms with Crippen LogP contribution in [0.4, 0.5) is 4.39 Å². The van der Waals surface area contributed by atoms with Crippen molar-refractivity contribution in [1.82, 2.24) is 14.7 Å². The third kappa shape index (κ3) is 6.12. The summed E-state index contributed by atoms with van der Waals surface area (Å²) in [6, 6.07) is 13.0. The molecular weight excluding hydrogens is 417 g/mol. The Balaban J connectivity index is 1.51. The fourth-order valence-corrected chi connectivity index (χ4v) is 4.89. The Morgan fingerprint density at radius 3 is 2.45 bits per heavy atom. The van der Waals surface area contributed by atoms with Crippen LogP contribution in [0.25, 0.3) is 11.1 Å². The van der Waals surface area contributed by atoms with E-state index in [-0.39, 0.29) is 18.3 Å². The lowest BCUT2D eigenvalue weighted by molar-refractivity contribution is -0.137. The highest BCUT2D eigenvalue weighted by Gasteiger charge is 2.26. The van der Waals surface area contributed by atoms with Crippen LogP contribution in [0, 0.1) is 5.82 Å². The van der Waals surface area contributed by atoms with Crippen molar-refractivity contribution in [3.63, 3.8) is 0 Å². The number of benzene rings is 2. The molecule has 0 N–H and O–H groups in total. The maximum Gasteiger partial charge on any atom is 0.260 e. The minimum absolute atomic E-state index is 0.0716. The number of carbonyl (C=O) groups excluding carboxylic acids is 1. The SMILES string of the molecule is CC[C@@H]1CCCCN1C(=O)COc1ccc(-c2ccc(F)cc2)cc1CN1CCN(C)CC1. The summed E-state index contributed by atoms with van der Waals surface area (Å²) < 4.78 is 19.5. The molecule has 5 nitrogen and oxygen atoms in total. The Morgan fingerprint density at radius 2 is 1.73 bits per heavy atom.